The van der Waals surface area contributed by atoms with E-state index >= 15 is 0 Å². The first kappa shape index (κ1) is 15.3. The van der Waals surface area contributed by atoms with Crippen LogP contribution < -0.4 is 10.2 Å². The summed E-state index contributed by atoms with van der Waals surface area (Å²) in [5.74, 6) is 0.508. The minimum Gasteiger partial charge on any atom is -0.368 e. The van der Waals surface area contributed by atoms with Crippen molar-refractivity contribution >= 4 is 5.69 Å². The number of nitrogens with zero attached hydrogens (tertiary/aromatic N) is 1. The van der Waals surface area contributed by atoms with Gasteiger partial charge in [-0.05, 0) is 44.4 Å². The normalized spacial score (nSPS) is 20.7. The minimum atomic E-state index is -0.0923. The highest BCUT2D eigenvalue weighted by atomic mass is 19.1. The molecule has 0 aromatic heterocycles. The largest absolute Gasteiger partial charge is 0.368 e. The van der Waals surface area contributed by atoms with E-state index in [2.05, 4.69) is 37.1 Å². The van der Waals surface area contributed by atoms with Gasteiger partial charge in [-0.25, -0.2) is 4.39 Å². The molecule has 0 amide bonds. The highest BCUT2D eigenvalue weighted by Crippen LogP contribution is 2.35. The van der Waals surface area contributed by atoms with Crippen LogP contribution in [0, 0.1) is 11.7 Å². The van der Waals surface area contributed by atoms with Gasteiger partial charge in [-0.15, -0.1) is 0 Å². The van der Waals surface area contributed by atoms with Crippen LogP contribution in [0.25, 0.3) is 0 Å². The lowest BCUT2D eigenvalue weighted by Gasteiger charge is -2.33. The number of nitrogens with one attached hydrogen (secondary N) is 1. The Labute approximate surface area is 122 Å². The highest BCUT2D eigenvalue weighted by molar-refractivity contribution is 5.57. The number of benzene rings is 1. The summed E-state index contributed by atoms with van der Waals surface area (Å²) in [7, 11) is 0. The predicted octanol–water partition coefficient (Wildman–Crippen LogP) is 4.12. The van der Waals surface area contributed by atoms with Crippen LogP contribution in [0.4, 0.5) is 10.1 Å². The number of hydrogen-bond donors (Lipinski definition) is 1. The number of anilines is 1. The van der Waals surface area contributed by atoms with E-state index in [0.717, 1.165) is 24.3 Å². The topological polar surface area (TPSA) is 15.3 Å². The molecule has 2 nitrogen and oxygen atoms in total. The lowest BCUT2D eigenvalue weighted by molar-refractivity contribution is 0.485. The molecule has 112 valence electrons. The van der Waals surface area contributed by atoms with Crippen molar-refractivity contribution in [1.29, 1.82) is 0 Å². The van der Waals surface area contributed by atoms with E-state index < -0.39 is 0 Å². The molecule has 0 bridgehead atoms. The first-order valence-corrected chi connectivity index (χ1v) is 7.84. The van der Waals surface area contributed by atoms with Crippen LogP contribution in [0.1, 0.15) is 52.1 Å². The maximum Gasteiger partial charge on any atom is 0.130 e. The summed E-state index contributed by atoms with van der Waals surface area (Å²) >= 11 is 0. The van der Waals surface area contributed by atoms with Gasteiger partial charge in [0.05, 0.1) is 0 Å². The van der Waals surface area contributed by atoms with Crippen molar-refractivity contribution in [2.45, 2.75) is 52.6 Å². The first-order valence-electron chi connectivity index (χ1n) is 7.84. The maximum atomic E-state index is 14.3. The third-order valence-corrected chi connectivity index (χ3v) is 4.35. The second-order valence-electron chi connectivity index (χ2n) is 6.10. The third kappa shape index (κ3) is 2.98. The predicted molar refractivity (Wildman–Crippen MR) is 83.7 cm³/mol. The molecular weight excluding hydrogens is 251 g/mol. The molecule has 1 aromatic carbocycles. The fraction of sp³-hybridized carbons (Fsp3) is 0.647. The standard InChI is InChI=1S/C17H27FN2/c1-5-19-13(4)17-14(18)8-6-9-16(17)20-11-7-10-15(20)12(2)3/h6,8-9,12-13,15,19H,5,7,10-11H2,1-4H3. The molecule has 2 rings (SSSR count). The van der Waals surface area contributed by atoms with E-state index in [4.69, 9.17) is 0 Å². The summed E-state index contributed by atoms with van der Waals surface area (Å²) in [6, 6.07) is 6.07. The van der Waals surface area contributed by atoms with Crippen LogP contribution in [0.3, 0.4) is 0 Å². The van der Waals surface area contributed by atoms with Gasteiger partial charge in [0.25, 0.3) is 0 Å². The molecule has 20 heavy (non-hydrogen) atoms. The molecule has 1 aliphatic heterocycles. The number of hydrogen-bond acceptors (Lipinski definition) is 2. The Hall–Kier alpha value is -1.09. The molecule has 0 spiro atoms. The summed E-state index contributed by atoms with van der Waals surface area (Å²) in [5.41, 5.74) is 1.90. The van der Waals surface area contributed by atoms with Crippen LogP contribution in [-0.4, -0.2) is 19.1 Å². The molecule has 2 atom stereocenters. The van der Waals surface area contributed by atoms with Crippen LogP contribution in [0.5, 0.6) is 0 Å². The van der Waals surface area contributed by atoms with Gasteiger partial charge >= 0.3 is 0 Å². The van der Waals surface area contributed by atoms with Gasteiger partial charge in [-0.3, -0.25) is 0 Å². The van der Waals surface area contributed by atoms with Crippen LogP contribution in [0.2, 0.25) is 0 Å². The Morgan fingerprint density at radius 1 is 1.35 bits per heavy atom. The Kier molecular flexibility index (Phi) is 5.03. The van der Waals surface area contributed by atoms with Gasteiger partial charge in [-0.1, -0.05) is 26.8 Å². The molecule has 1 N–H and O–H groups in total. The Bertz CT molecular complexity index is 445. The summed E-state index contributed by atoms with van der Waals surface area (Å²) in [6.07, 6.45) is 2.41. The molecule has 1 aliphatic rings. The van der Waals surface area contributed by atoms with E-state index in [1.807, 2.05) is 13.0 Å². The molecule has 0 radical (unpaired) electrons. The molecule has 1 heterocycles. The summed E-state index contributed by atoms with van der Waals surface area (Å²) in [4.78, 5) is 2.41. The summed E-state index contributed by atoms with van der Waals surface area (Å²) in [5, 5.41) is 3.34. The SMILES string of the molecule is CCNC(C)c1c(F)cccc1N1CCCC1C(C)C. The van der Waals surface area contributed by atoms with Gasteiger partial charge in [0.2, 0.25) is 0 Å². The Balaban J connectivity index is 2.38. The van der Waals surface area contributed by atoms with Crippen LogP contribution in [0.15, 0.2) is 18.2 Å². The lowest BCUT2D eigenvalue weighted by atomic mass is 9.99. The van der Waals surface area contributed by atoms with Crippen molar-refractivity contribution in [2.75, 3.05) is 18.0 Å². The molecule has 2 unspecified atom stereocenters. The lowest BCUT2D eigenvalue weighted by Crippen LogP contribution is -2.35. The Morgan fingerprint density at radius 2 is 2.10 bits per heavy atom. The van der Waals surface area contributed by atoms with Gasteiger partial charge in [0, 0.05) is 29.9 Å². The summed E-state index contributed by atoms with van der Waals surface area (Å²) < 4.78 is 14.3. The number of rotatable bonds is 5. The van der Waals surface area contributed by atoms with Crippen LogP contribution >= 0.6 is 0 Å². The first-order chi connectivity index (χ1) is 9.56. The van der Waals surface area contributed by atoms with Crippen molar-refractivity contribution in [1.82, 2.24) is 5.32 Å². The van der Waals surface area contributed by atoms with Gasteiger partial charge < -0.3 is 10.2 Å². The second kappa shape index (κ2) is 6.57. The van der Waals surface area contributed by atoms with Crippen molar-refractivity contribution < 1.29 is 4.39 Å². The molecule has 1 saturated heterocycles. The maximum absolute atomic E-state index is 14.3. The zero-order valence-corrected chi connectivity index (χ0v) is 13.1. The monoisotopic (exact) mass is 278 g/mol. The molecule has 0 saturated carbocycles. The fourth-order valence-electron chi connectivity index (χ4n) is 3.40. The zero-order chi connectivity index (χ0) is 14.7. The van der Waals surface area contributed by atoms with E-state index in [1.54, 1.807) is 6.07 Å². The van der Waals surface area contributed by atoms with Crippen molar-refractivity contribution in [3.05, 3.63) is 29.6 Å². The smallest absolute Gasteiger partial charge is 0.130 e. The molecule has 3 heteroatoms. The average molecular weight is 278 g/mol. The zero-order valence-electron chi connectivity index (χ0n) is 13.1. The molecule has 1 aromatic rings. The fourth-order valence-corrected chi connectivity index (χ4v) is 3.40. The second-order valence-corrected chi connectivity index (χ2v) is 6.10. The van der Waals surface area contributed by atoms with Crippen molar-refractivity contribution in [3.63, 3.8) is 0 Å². The Morgan fingerprint density at radius 3 is 2.75 bits per heavy atom. The van der Waals surface area contributed by atoms with Crippen LogP contribution in [-0.2, 0) is 0 Å². The number of halogens is 1. The van der Waals surface area contributed by atoms with Gasteiger partial charge in [0.15, 0.2) is 0 Å². The van der Waals surface area contributed by atoms with Crippen molar-refractivity contribution in [2.24, 2.45) is 5.92 Å². The van der Waals surface area contributed by atoms with E-state index in [0.29, 0.717) is 12.0 Å². The molecular formula is C17H27FN2. The average Bonchev–Trinajstić information content (AvgIpc) is 2.87. The quantitative estimate of drug-likeness (QED) is 0.871. The van der Waals surface area contributed by atoms with Crippen molar-refractivity contribution in [3.8, 4) is 0 Å². The highest BCUT2D eigenvalue weighted by Gasteiger charge is 2.30. The molecule has 0 aliphatic carbocycles. The van der Waals surface area contributed by atoms with E-state index in [9.17, 15) is 4.39 Å². The van der Waals surface area contributed by atoms with Gasteiger partial charge in [0.1, 0.15) is 5.82 Å². The van der Waals surface area contributed by atoms with E-state index in [1.165, 1.54) is 12.8 Å². The molecule has 1 fully saturated rings. The third-order valence-electron chi connectivity index (χ3n) is 4.35. The minimum absolute atomic E-state index is 0.0459. The summed E-state index contributed by atoms with van der Waals surface area (Å²) in [6.45, 7) is 10.5. The van der Waals surface area contributed by atoms with E-state index in [-0.39, 0.29) is 11.9 Å². The van der Waals surface area contributed by atoms with Gasteiger partial charge in [-0.2, -0.15) is 0 Å².